The Balaban J connectivity index is 1.77. The fraction of sp³-hybridized carbons (Fsp3) is 0.417. The molecule has 0 aromatic heterocycles. The van der Waals surface area contributed by atoms with Crippen LogP contribution in [0.5, 0.6) is 11.5 Å². The van der Waals surface area contributed by atoms with E-state index in [4.69, 9.17) is 9.47 Å². The number of carbonyl (C=O) groups excluding carboxylic acids is 1. The van der Waals surface area contributed by atoms with E-state index in [1.54, 1.807) is 6.07 Å². The van der Waals surface area contributed by atoms with E-state index in [1.807, 2.05) is 12.1 Å². The van der Waals surface area contributed by atoms with Crippen molar-refractivity contribution in [3.8, 4) is 11.5 Å². The van der Waals surface area contributed by atoms with Crippen LogP contribution in [0.4, 0.5) is 0 Å². The average Bonchev–Trinajstić information content (AvgIpc) is 2.98. The lowest BCUT2D eigenvalue weighted by atomic mass is 10.1. The second-order valence-corrected chi connectivity index (χ2v) is 4.06. The van der Waals surface area contributed by atoms with Crippen molar-refractivity contribution in [1.82, 2.24) is 0 Å². The molecule has 0 atom stereocenters. The standard InChI is InChI=1S/C12H12O3/c13-12(8-1-2-8)15-10-3-4-11-9(7-10)5-6-14-11/h3-4,7-8H,1-2,5-6H2. The molecular formula is C12H12O3. The fourth-order valence-electron chi connectivity index (χ4n) is 1.74. The van der Waals surface area contributed by atoms with Gasteiger partial charge in [0.15, 0.2) is 0 Å². The number of hydrogen-bond donors (Lipinski definition) is 0. The normalized spacial score (nSPS) is 18.1. The van der Waals surface area contributed by atoms with Crippen LogP contribution in [0.15, 0.2) is 18.2 Å². The van der Waals surface area contributed by atoms with Crippen LogP contribution in [0.2, 0.25) is 0 Å². The summed E-state index contributed by atoms with van der Waals surface area (Å²) < 4.78 is 10.6. The van der Waals surface area contributed by atoms with Crippen molar-refractivity contribution in [2.45, 2.75) is 19.3 Å². The Hall–Kier alpha value is -1.51. The van der Waals surface area contributed by atoms with Crippen molar-refractivity contribution in [2.24, 2.45) is 5.92 Å². The molecule has 0 amide bonds. The summed E-state index contributed by atoms with van der Waals surface area (Å²) in [6, 6.07) is 5.57. The average molecular weight is 204 g/mol. The van der Waals surface area contributed by atoms with Crippen LogP contribution in [0, 0.1) is 5.92 Å². The molecule has 0 bridgehead atoms. The van der Waals surface area contributed by atoms with Gasteiger partial charge >= 0.3 is 5.97 Å². The molecule has 0 spiro atoms. The molecule has 0 N–H and O–H groups in total. The highest BCUT2D eigenvalue weighted by molar-refractivity contribution is 5.77. The largest absolute Gasteiger partial charge is 0.493 e. The lowest BCUT2D eigenvalue weighted by Gasteiger charge is -2.04. The van der Waals surface area contributed by atoms with E-state index in [0.29, 0.717) is 5.75 Å². The maximum absolute atomic E-state index is 11.4. The van der Waals surface area contributed by atoms with Gasteiger partial charge in [-0.1, -0.05) is 0 Å². The van der Waals surface area contributed by atoms with Crippen molar-refractivity contribution in [3.05, 3.63) is 23.8 Å². The van der Waals surface area contributed by atoms with E-state index in [0.717, 1.165) is 37.2 Å². The molecular weight excluding hydrogens is 192 g/mol. The van der Waals surface area contributed by atoms with E-state index >= 15 is 0 Å². The highest BCUT2D eigenvalue weighted by atomic mass is 16.5. The van der Waals surface area contributed by atoms with Gasteiger partial charge in [0.2, 0.25) is 0 Å². The van der Waals surface area contributed by atoms with Gasteiger partial charge in [0.25, 0.3) is 0 Å². The first kappa shape index (κ1) is 8.77. The minimum atomic E-state index is -0.0890. The summed E-state index contributed by atoms with van der Waals surface area (Å²) in [4.78, 5) is 11.4. The zero-order chi connectivity index (χ0) is 10.3. The lowest BCUT2D eigenvalue weighted by Crippen LogP contribution is -2.09. The highest BCUT2D eigenvalue weighted by Gasteiger charge is 2.31. The third kappa shape index (κ3) is 1.69. The van der Waals surface area contributed by atoms with Crippen LogP contribution in [-0.4, -0.2) is 12.6 Å². The van der Waals surface area contributed by atoms with Gasteiger partial charge < -0.3 is 9.47 Å². The number of fused-ring (bicyclic) bond motifs is 1. The summed E-state index contributed by atoms with van der Waals surface area (Å²) in [7, 11) is 0. The van der Waals surface area contributed by atoms with Crippen molar-refractivity contribution in [3.63, 3.8) is 0 Å². The predicted octanol–water partition coefficient (Wildman–Crippen LogP) is 1.94. The van der Waals surface area contributed by atoms with Crippen LogP contribution in [0.3, 0.4) is 0 Å². The molecule has 2 aliphatic rings. The molecule has 1 aliphatic heterocycles. The summed E-state index contributed by atoms with van der Waals surface area (Å²) in [5.41, 5.74) is 1.14. The second kappa shape index (κ2) is 3.26. The van der Waals surface area contributed by atoms with E-state index in [2.05, 4.69) is 0 Å². The van der Waals surface area contributed by atoms with Gasteiger partial charge in [-0.25, -0.2) is 0 Å². The maximum atomic E-state index is 11.4. The smallest absolute Gasteiger partial charge is 0.314 e. The summed E-state index contributed by atoms with van der Waals surface area (Å²) in [6.45, 7) is 0.732. The zero-order valence-electron chi connectivity index (χ0n) is 8.36. The molecule has 1 aromatic rings. The SMILES string of the molecule is O=C(Oc1ccc2c(c1)CCO2)C1CC1. The van der Waals surface area contributed by atoms with E-state index in [-0.39, 0.29) is 11.9 Å². The number of rotatable bonds is 2. The molecule has 1 aliphatic carbocycles. The lowest BCUT2D eigenvalue weighted by molar-refractivity contribution is -0.135. The Labute approximate surface area is 88.0 Å². The molecule has 3 nitrogen and oxygen atoms in total. The highest BCUT2D eigenvalue weighted by Crippen LogP contribution is 2.33. The molecule has 0 unspecified atom stereocenters. The Bertz CT molecular complexity index is 407. The first-order valence-corrected chi connectivity index (χ1v) is 5.30. The molecule has 0 saturated heterocycles. The van der Waals surface area contributed by atoms with Gasteiger partial charge in [-0.15, -0.1) is 0 Å². The first-order valence-electron chi connectivity index (χ1n) is 5.30. The van der Waals surface area contributed by atoms with Gasteiger partial charge in [-0.05, 0) is 31.0 Å². The Morgan fingerprint density at radius 1 is 1.40 bits per heavy atom. The number of benzene rings is 1. The number of carbonyl (C=O) groups is 1. The third-order valence-electron chi connectivity index (χ3n) is 2.79. The van der Waals surface area contributed by atoms with Crippen molar-refractivity contribution >= 4 is 5.97 Å². The third-order valence-corrected chi connectivity index (χ3v) is 2.79. The molecule has 3 rings (SSSR count). The minimum Gasteiger partial charge on any atom is -0.493 e. The number of ether oxygens (including phenoxy) is 2. The quantitative estimate of drug-likeness (QED) is 0.545. The second-order valence-electron chi connectivity index (χ2n) is 4.06. The number of hydrogen-bond acceptors (Lipinski definition) is 3. The van der Waals surface area contributed by atoms with Crippen LogP contribution in [0.1, 0.15) is 18.4 Å². The number of esters is 1. The molecule has 1 aromatic carbocycles. The molecule has 0 radical (unpaired) electrons. The molecule has 3 heteroatoms. The van der Waals surface area contributed by atoms with Gasteiger partial charge in [0, 0.05) is 12.0 Å². The fourth-order valence-corrected chi connectivity index (χ4v) is 1.74. The summed E-state index contributed by atoms with van der Waals surface area (Å²) in [5, 5.41) is 0. The van der Waals surface area contributed by atoms with Crippen LogP contribution >= 0.6 is 0 Å². The summed E-state index contributed by atoms with van der Waals surface area (Å²) in [6.07, 6.45) is 2.87. The van der Waals surface area contributed by atoms with Crippen LogP contribution in [0.25, 0.3) is 0 Å². The van der Waals surface area contributed by atoms with E-state index in [9.17, 15) is 4.79 Å². The molecule has 1 heterocycles. The predicted molar refractivity (Wildman–Crippen MR) is 54.0 cm³/mol. The molecule has 15 heavy (non-hydrogen) atoms. The Morgan fingerprint density at radius 2 is 2.27 bits per heavy atom. The topological polar surface area (TPSA) is 35.5 Å². The van der Waals surface area contributed by atoms with E-state index in [1.165, 1.54) is 0 Å². The first-order chi connectivity index (χ1) is 7.33. The maximum Gasteiger partial charge on any atom is 0.314 e. The molecule has 78 valence electrons. The van der Waals surface area contributed by atoms with Gasteiger partial charge in [0.1, 0.15) is 11.5 Å². The van der Waals surface area contributed by atoms with Crippen LogP contribution in [-0.2, 0) is 11.2 Å². The monoisotopic (exact) mass is 204 g/mol. The van der Waals surface area contributed by atoms with Gasteiger partial charge in [-0.2, -0.15) is 0 Å². The Morgan fingerprint density at radius 3 is 3.07 bits per heavy atom. The van der Waals surface area contributed by atoms with Crippen molar-refractivity contribution in [1.29, 1.82) is 0 Å². The molecule has 1 saturated carbocycles. The van der Waals surface area contributed by atoms with Gasteiger partial charge in [-0.3, -0.25) is 4.79 Å². The van der Waals surface area contributed by atoms with Crippen molar-refractivity contribution in [2.75, 3.05) is 6.61 Å². The Kier molecular flexibility index (Phi) is 1.91. The summed E-state index contributed by atoms with van der Waals surface area (Å²) in [5.74, 6) is 1.63. The van der Waals surface area contributed by atoms with Crippen LogP contribution < -0.4 is 9.47 Å². The molecule has 1 fully saturated rings. The van der Waals surface area contributed by atoms with E-state index < -0.39 is 0 Å². The minimum absolute atomic E-state index is 0.0890. The zero-order valence-corrected chi connectivity index (χ0v) is 8.36. The summed E-state index contributed by atoms with van der Waals surface area (Å²) >= 11 is 0. The van der Waals surface area contributed by atoms with Crippen molar-refractivity contribution < 1.29 is 14.3 Å². The van der Waals surface area contributed by atoms with Gasteiger partial charge in [0.05, 0.1) is 12.5 Å².